The van der Waals surface area contributed by atoms with E-state index in [1.165, 1.54) is 10.5 Å². The SMILES string of the molecule is Cc1nn(C)cc1NCC1Cc2ccccc2S1. The minimum atomic E-state index is 0.627. The highest BCUT2D eigenvalue weighted by atomic mass is 32.2. The zero-order valence-corrected chi connectivity index (χ0v) is 11.5. The van der Waals surface area contributed by atoms with Gasteiger partial charge >= 0.3 is 0 Å². The molecule has 0 aliphatic carbocycles. The number of fused-ring (bicyclic) bond motifs is 1. The van der Waals surface area contributed by atoms with Crippen LogP contribution >= 0.6 is 11.8 Å². The van der Waals surface area contributed by atoms with Crippen molar-refractivity contribution in [1.29, 1.82) is 0 Å². The maximum absolute atomic E-state index is 4.34. The molecule has 3 rings (SSSR count). The number of hydrogen-bond donors (Lipinski definition) is 1. The Kier molecular flexibility index (Phi) is 3.04. The number of nitrogens with one attached hydrogen (secondary N) is 1. The highest BCUT2D eigenvalue weighted by Gasteiger charge is 2.21. The summed E-state index contributed by atoms with van der Waals surface area (Å²) < 4.78 is 1.86. The van der Waals surface area contributed by atoms with Crippen molar-refractivity contribution in [2.24, 2.45) is 7.05 Å². The number of aromatic nitrogens is 2. The first-order valence-electron chi connectivity index (χ1n) is 6.21. The molecule has 0 radical (unpaired) electrons. The van der Waals surface area contributed by atoms with Crippen LogP contribution in [0.15, 0.2) is 35.4 Å². The molecule has 2 aromatic rings. The van der Waals surface area contributed by atoms with E-state index in [2.05, 4.69) is 34.7 Å². The lowest BCUT2D eigenvalue weighted by molar-refractivity contribution is 0.756. The Morgan fingerprint density at radius 2 is 2.28 bits per heavy atom. The van der Waals surface area contributed by atoms with Crippen molar-refractivity contribution in [2.45, 2.75) is 23.5 Å². The lowest BCUT2D eigenvalue weighted by Gasteiger charge is -2.10. The van der Waals surface area contributed by atoms with Gasteiger partial charge in [0.15, 0.2) is 0 Å². The summed E-state index contributed by atoms with van der Waals surface area (Å²) in [6, 6.07) is 8.69. The van der Waals surface area contributed by atoms with Gasteiger partial charge in [-0.05, 0) is 25.0 Å². The van der Waals surface area contributed by atoms with Gasteiger partial charge < -0.3 is 5.32 Å². The van der Waals surface area contributed by atoms with E-state index >= 15 is 0 Å². The molecule has 1 N–H and O–H groups in total. The van der Waals surface area contributed by atoms with E-state index in [0.717, 1.165) is 24.3 Å². The Hall–Kier alpha value is -1.42. The number of thioether (sulfide) groups is 1. The van der Waals surface area contributed by atoms with Gasteiger partial charge in [0.2, 0.25) is 0 Å². The Morgan fingerprint density at radius 1 is 1.44 bits per heavy atom. The average Bonchev–Trinajstić information content (AvgIpc) is 2.89. The van der Waals surface area contributed by atoms with Gasteiger partial charge in [-0.25, -0.2) is 0 Å². The molecule has 18 heavy (non-hydrogen) atoms. The number of nitrogens with zero attached hydrogens (tertiary/aromatic N) is 2. The van der Waals surface area contributed by atoms with E-state index in [4.69, 9.17) is 0 Å². The summed E-state index contributed by atoms with van der Waals surface area (Å²) in [6.45, 7) is 3.03. The van der Waals surface area contributed by atoms with Crippen LogP contribution in [0.5, 0.6) is 0 Å². The minimum absolute atomic E-state index is 0.627. The number of hydrogen-bond acceptors (Lipinski definition) is 3. The fourth-order valence-corrected chi connectivity index (χ4v) is 3.61. The largest absolute Gasteiger partial charge is 0.381 e. The molecule has 4 heteroatoms. The molecule has 3 nitrogen and oxygen atoms in total. The van der Waals surface area contributed by atoms with Gasteiger partial charge in [-0.3, -0.25) is 4.68 Å². The molecule has 0 saturated carbocycles. The van der Waals surface area contributed by atoms with Crippen molar-refractivity contribution in [3.05, 3.63) is 41.7 Å². The summed E-state index contributed by atoms with van der Waals surface area (Å²) in [5.41, 5.74) is 3.70. The zero-order valence-electron chi connectivity index (χ0n) is 10.7. The van der Waals surface area contributed by atoms with Crippen LogP contribution in [-0.2, 0) is 13.5 Å². The zero-order chi connectivity index (χ0) is 12.5. The first-order valence-corrected chi connectivity index (χ1v) is 7.09. The second kappa shape index (κ2) is 4.69. The van der Waals surface area contributed by atoms with Crippen LogP contribution in [0.1, 0.15) is 11.3 Å². The summed E-state index contributed by atoms with van der Waals surface area (Å²) in [5, 5.41) is 8.48. The number of aryl methyl sites for hydroxylation is 2. The van der Waals surface area contributed by atoms with E-state index in [-0.39, 0.29) is 0 Å². The van der Waals surface area contributed by atoms with Gasteiger partial charge in [0.1, 0.15) is 0 Å². The van der Waals surface area contributed by atoms with E-state index < -0.39 is 0 Å². The van der Waals surface area contributed by atoms with Crippen LogP contribution in [0.25, 0.3) is 0 Å². The molecule has 1 aliphatic heterocycles. The molecule has 0 spiro atoms. The normalized spacial score (nSPS) is 17.8. The van der Waals surface area contributed by atoms with Crippen LogP contribution in [0.3, 0.4) is 0 Å². The van der Waals surface area contributed by atoms with Gasteiger partial charge in [-0.2, -0.15) is 5.10 Å². The molecule has 2 heterocycles. The van der Waals surface area contributed by atoms with Crippen LogP contribution < -0.4 is 5.32 Å². The molecular weight excluding hydrogens is 242 g/mol. The Balaban J connectivity index is 1.62. The predicted molar refractivity (Wildman–Crippen MR) is 76.2 cm³/mol. The van der Waals surface area contributed by atoms with Crippen molar-refractivity contribution >= 4 is 17.4 Å². The first kappa shape index (κ1) is 11.7. The molecule has 0 amide bonds. The Bertz CT molecular complexity index is 537. The van der Waals surface area contributed by atoms with E-state index in [1.54, 1.807) is 0 Å². The third-order valence-corrected chi connectivity index (χ3v) is 4.57. The van der Waals surface area contributed by atoms with Gasteiger partial charge in [0.05, 0.1) is 11.4 Å². The number of benzene rings is 1. The van der Waals surface area contributed by atoms with Crippen molar-refractivity contribution in [3.63, 3.8) is 0 Å². The fourth-order valence-electron chi connectivity index (χ4n) is 2.36. The van der Waals surface area contributed by atoms with Crippen molar-refractivity contribution in [1.82, 2.24) is 9.78 Å². The fraction of sp³-hybridized carbons (Fsp3) is 0.357. The van der Waals surface area contributed by atoms with Gasteiger partial charge in [0.25, 0.3) is 0 Å². The molecule has 1 aromatic heterocycles. The highest BCUT2D eigenvalue weighted by Crippen LogP contribution is 2.36. The quantitative estimate of drug-likeness (QED) is 0.919. The molecule has 1 atom stereocenters. The standard InChI is InChI=1S/C14H17N3S/c1-10-13(9-17(2)16-10)15-8-12-7-11-5-3-4-6-14(11)18-12/h3-6,9,12,15H,7-8H2,1-2H3. The van der Waals surface area contributed by atoms with Gasteiger partial charge in [-0.1, -0.05) is 18.2 Å². The summed E-state index contributed by atoms with van der Waals surface area (Å²) in [7, 11) is 1.96. The Labute approximate surface area is 112 Å². The monoisotopic (exact) mass is 259 g/mol. The highest BCUT2D eigenvalue weighted by molar-refractivity contribution is 8.00. The topological polar surface area (TPSA) is 29.9 Å². The van der Waals surface area contributed by atoms with E-state index in [1.807, 2.05) is 36.6 Å². The maximum Gasteiger partial charge on any atom is 0.0824 e. The Morgan fingerprint density at radius 3 is 3.00 bits per heavy atom. The third kappa shape index (κ3) is 2.25. The molecular formula is C14H17N3S. The lowest BCUT2D eigenvalue weighted by Crippen LogP contribution is -2.15. The van der Waals surface area contributed by atoms with Crippen LogP contribution in [0.4, 0.5) is 5.69 Å². The molecule has 94 valence electrons. The maximum atomic E-state index is 4.34. The van der Waals surface area contributed by atoms with E-state index in [0.29, 0.717) is 5.25 Å². The lowest BCUT2D eigenvalue weighted by atomic mass is 10.1. The molecule has 1 aromatic carbocycles. The van der Waals surface area contributed by atoms with Crippen LogP contribution in [0.2, 0.25) is 0 Å². The molecule has 0 fully saturated rings. The van der Waals surface area contributed by atoms with Crippen molar-refractivity contribution in [3.8, 4) is 0 Å². The average molecular weight is 259 g/mol. The minimum Gasteiger partial charge on any atom is -0.381 e. The van der Waals surface area contributed by atoms with Crippen LogP contribution in [-0.4, -0.2) is 21.6 Å². The summed E-state index contributed by atoms with van der Waals surface area (Å²) >= 11 is 1.98. The van der Waals surface area contributed by atoms with Crippen molar-refractivity contribution < 1.29 is 0 Å². The second-order valence-electron chi connectivity index (χ2n) is 4.73. The smallest absolute Gasteiger partial charge is 0.0824 e. The summed E-state index contributed by atoms with van der Waals surface area (Å²) in [5.74, 6) is 0. The summed E-state index contributed by atoms with van der Waals surface area (Å²) in [4.78, 5) is 1.44. The van der Waals surface area contributed by atoms with Crippen LogP contribution in [0, 0.1) is 6.92 Å². The number of rotatable bonds is 3. The molecule has 1 aliphatic rings. The van der Waals surface area contributed by atoms with Gasteiger partial charge in [0, 0.05) is 29.9 Å². The summed E-state index contributed by atoms with van der Waals surface area (Å²) in [6.07, 6.45) is 3.20. The molecule has 0 bridgehead atoms. The van der Waals surface area contributed by atoms with Gasteiger partial charge in [-0.15, -0.1) is 11.8 Å². The third-order valence-electron chi connectivity index (χ3n) is 3.25. The predicted octanol–water partition coefficient (Wildman–Crippen LogP) is 2.86. The molecule has 0 saturated heterocycles. The first-order chi connectivity index (χ1) is 8.72. The number of anilines is 1. The molecule has 1 unspecified atom stereocenters. The second-order valence-corrected chi connectivity index (χ2v) is 6.08. The van der Waals surface area contributed by atoms with Crippen molar-refractivity contribution in [2.75, 3.05) is 11.9 Å². The van der Waals surface area contributed by atoms with E-state index in [9.17, 15) is 0 Å².